The van der Waals surface area contributed by atoms with Crippen molar-refractivity contribution in [2.45, 2.75) is 13.2 Å². The first-order valence-electron chi connectivity index (χ1n) is 7.15. The summed E-state index contributed by atoms with van der Waals surface area (Å²) in [7, 11) is 0. The molecule has 0 saturated heterocycles. The number of hydrogen-bond donors (Lipinski definition) is 2. The van der Waals surface area contributed by atoms with E-state index in [1.54, 1.807) is 18.2 Å². The van der Waals surface area contributed by atoms with Crippen LogP contribution in [0, 0.1) is 0 Å². The quantitative estimate of drug-likeness (QED) is 0.815. The smallest absolute Gasteiger partial charge is 0.407 e. The normalized spacial score (nSPS) is 10.2. The number of nitrogens with one attached hydrogen (secondary N) is 1. The summed E-state index contributed by atoms with van der Waals surface area (Å²) >= 11 is 5.92. The molecule has 23 heavy (non-hydrogen) atoms. The fraction of sp³-hybridized carbons (Fsp3) is 0.235. The molecule has 0 aliphatic rings. The Balaban J connectivity index is 1.86. The average Bonchev–Trinajstić information content (AvgIpc) is 2.58. The van der Waals surface area contributed by atoms with E-state index in [1.165, 1.54) is 0 Å². The van der Waals surface area contributed by atoms with E-state index in [1.807, 2.05) is 30.3 Å². The molecule has 6 heteroatoms. The molecule has 0 atom stereocenters. The lowest BCUT2D eigenvalue weighted by atomic mass is 10.2. The predicted octanol–water partition coefficient (Wildman–Crippen LogP) is 3.14. The van der Waals surface area contributed by atoms with Crippen LogP contribution in [0.4, 0.5) is 4.79 Å². The van der Waals surface area contributed by atoms with Gasteiger partial charge in [-0.15, -0.1) is 0 Å². The summed E-state index contributed by atoms with van der Waals surface area (Å²) in [5.41, 5.74) is 1.67. The maximum Gasteiger partial charge on any atom is 0.407 e. The Bertz CT molecular complexity index is 634. The van der Waals surface area contributed by atoms with Gasteiger partial charge >= 0.3 is 6.09 Å². The highest BCUT2D eigenvalue weighted by molar-refractivity contribution is 6.30. The first kappa shape index (κ1) is 17.1. The highest BCUT2D eigenvalue weighted by Gasteiger charge is 2.08. The number of benzene rings is 2. The molecule has 2 aromatic rings. The van der Waals surface area contributed by atoms with Gasteiger partial charge in [-0.05, 0) is 17.7 Å². The van der Waals surface area contributed by atoms with E-state index >= 15 is 0 Å². The number of aliphatic hydroxyl groups excluding tert-OH is 1. The van der Waals surface area contributed by atoms with Crippen molar-refractivity contribution in [3.05, 3.63) is 64.7 Å². The van der Waals surface area contributed by atoms with Gasteiger partial charge in [0.15, 0.2) is 0 Å². The minimum absolute atomic E-state index is 0.0987. The van der Waals surface area contributed by atoms with Crippen LogP contribution in [0.15, 0.2) is 48.5 Å². The second-order valence-electron chi connectivity index (χ2n) is 4.74. The van der Waals surface area contributed by atoms with Crippen LogP contribution in [0.2, 0.25) is 5.02 Å². The minimum Gasteiger partial charge on any atom is -0.491 e. The van der Waals surface area contributed by atoms with E-state index in [-0.39, 0.29) is 26.4 Å². The zero-order valence-corrected chi connectivity index (χ0v) is 13.3. The fourth-order valence-corrected chi connectivity index (χ4v) is 2.07. The van der Waals surface area contributed by atoms with Crippen LogP contribution in [0.3, 0.4) is 0 Å². The molecule has 0 radical (unpaired) electrons. The fourth-order valence-electron chi connectivity index (χ4n) is 1.91. The summed E-state index contributed by atoms with van der Waals surface area (Å²) < 4.78 is 10.5. The highest BCUT2D eigenvalue weighted by Crippen LogP contribution is 2.23. The summed E-state index contributed by atoms with van der Waals surface area (Å²) in [5.74, 6) is 0.523. The van der Waals surface area contributed by atoms with E-state index < -0.39 is 6.09 Å². The topological polar surface area (TPSA) is 67.8 Å². The van der Waals surface area contributed by atoms with Crippen LogP contribution >= 0.6 is 11.6 Å². The van der Waals surface area contributed by atoms with Gasteiger partial charge in [-0.25, -0.2) is 4.79 Å². The van der Waals surface area contributed by atoms with Crippen molar-refractivity contribution in [3.63, 3.8) is 0 Å². The van der Waals surface area contributed by atoms with Gasteiger partial charge in [0.05, 0.1) is 6.61 Å². The maximum absolute atomic E-state index is 11.7. The zero-order valence-electron chi connectivity index (χ0n) is 12.5. The molecule has 0 aliphatic heterocycles. The Kier molecular flexibility index (Phi) is 6.72. The van der Waals surface area contributed by atoms with Crippen LogP contribution in [-0.2, 0) is 17.9 Å². The van der Waals surface area contributed by atoms with Crippen molar-refractivity contribution in [1.29, 1.82) is 0 Å². The summed E-state index contributed by atoms with van der Waals surface area (Å²) in [6, 6.07) is 14.5. The lowest BCUT2D eigenvalue weighted by Crippen LogP contribution is -2.24. The van der Waals surface area contributed by atoms with Gasteiger partial charge < -0.3 is 19.9 Å². The number of carbonyl (C=O) groups excluding carboxylic acids is 1. The lowest BCUT2D eigenvalue weighted by molar-refractivity contribution is 0.139. The molecule has 0 saturated carbocycles. The molecule has 0 bridgehead atoms. The summed E-state index contributed by atoms with van der Waals surface area (Å²) in [4.78, 5) is 11.7. The predicted molar refractivity (Wildman–Crippen MR) is 87.5 cm³/mol. The molecule has 2 aromatic carbocycles. The second kappa shape index (κ2) is 9.02. The number of aliphatic hydroxyl groups is 1. The Morgan fingerprint density at radius 2 is 1.96 bits per heavy atom. The Morgan fingerprint density at radius 3 is 2.70 bits per heavy atom. The van der Waals surface area contributed by atoms with E-state index in [9.17, 15) is 4.79 Å². The van der Waals surface area contributed by atoms with E-state index in [4.69, 9.17) is 26.2 Å². The van der Waals surface area contributed by atoms with Gasteiger partial charge in [0.2, 0.25) is 0 Å². The van der Waals surface area contributed by atoms with Crippen LogP contribution in [0.25, 0.3) is 0 Å². The Hall–Kier alpha value is -2.24. The molecule has 0 aromatic heterocycles. The van der Waals surface area contributed by atoms with Crippen molar-refractivity contribution in [2.75, 3.05) is 13.2 Å². The van der Waals surface area contributed by atoms with Crippen LogP contribution in [0.1, 0.15) is 11.1 Å². The molecular weight excluding hydrogens is 318 g/mol. The van der Waals surface area contributed by atoms with Gasteiger partial charge in [0.25, 0.3) is 0 Å². The zero-order chi connectivity index (χ0) is 16.5. The maximum atomic E-state index is 11.7. The number of halogens is 1. The molecule has 1 amide bonds. The molecular formula is C17H18ClNO4. The summed E-state index contributed by atoms with van der Waals surface area (Å²) in [5, 5.41) is 12.0. The molecule has 5 nitrogen and oxygen atoms in total. The Morgan fingerprint density at radius 1 is 1.17 bits per heavy atom. The van der Waals surface area contributed by atoms with Crippen molar-refractivity contribution in [2.24, 2.45) is 0 Å². The second-order valence-corrected chi connectivity index (χ2v) is 5.18. The number of hydrogen-bond acceptors (Lipinski definition) is 4. The van der Waals surface area contributed by atoms with Gasteiger partial charge in [-0.2, -0.15) is 0 Å². The van der Waals surface area contributed by atoms with Crippen LogP contribution in [-0.4, -0.2) is 24.4 Å². The van der Waals surface area contributed by atoms with Gasteiger partial charge in [0.1, 0.15) is 19.0 Å². The molecule has 0 spiro atoms. The average molecular weight is 336 g/mol. The SMILES string of the molecule is O=C(NCc1ccc(Cl)cc1OCCO)OCc1ccccc1. The number of amides is 1. The molecule has 0 aliphatic carbocycles. The third-order valence-electron chi connectivity index (χ3n) is 3.01. The molecule has 2 N–H and O–H groups in total. The number of rotatable bonds is 7. The van der Waals surface area contributed by atoms with Crippen molar-refractivity contribution >= 4 is 17.7 Å². The van der Waals surface area contributed by atoms with Crippen LogP contribution < -0.4 is 10.1 Å². The molecule has 122 valence electrons. The summed E-state index contributed by atoms with van der Waals surface area (Å²) in [6.45, 7) is 0.511. The molecule has 2 rings (SSSR count). The third-order valence-corrected chi connectivity index (χ3v) is 3.25. The number of ether oxygens (including phenoxy) is 2. The molecule has 0 unspecified atom stereocenters. The highest BCUT2D eigenvalue weighted by atomic mass is 35.5. The first-order chi connectivity index (χ1) is 11.2. The molecule has 0 heterocycles. The van der Waals surface area contributed by atoms with Crippen molar-refractivity contribution < 1.29 is 19.4 Å². The van der Waals surface area contributed by atoms with E-state index in [0.717, 1.165) is 11.1 Å². The van der Waals surface area contributed by atoms with Gasteiger partial charge in [-0.3, -0.25) is 0 Å². The first-order valence-corrected chi connectivity index (χ1v) is 7.53. The van der Waals surface area contributed by atoms with Crippen LogP contribution in [0.5, 0.6) is 5.75 Å². The molecule has 0 fully saturated rings. The van der Waals surface area contributed by atoms with E-state index in [2.05, 4.69) is 5.32 Å². The monoisotopic (exact) mass is 335 g/mol. The number of carbonyl (C=O) groups is 1. The van der Waals surface area contributed by atoms with E-state index in [0.29, 0.717) is 10.8 Å². The summed E-state index contributed by atoms with van der Waals surface area (Å²) in [6.07, 6.45) is -0.517. The largest absolute Gasteiger partial charge is 0.491 e. The van der Waals surface area contributed by atoms with Crippen molar-refractivity contribution in [1.82, 2.24) is 5.32 Å². The Labute approximate surface area is 139 Å². The third kappa shape index (κ3) is 5.81. The standard InChI is InChI=1S/C17H18ClNO4/c18-15-7-6-14(16(10-15)22-9-8-20)11-19-17(21)23-12-13-4-2-1-3-5-13/h1-7,10,20H,8-9,11-12H2,(H,19,21). The number of alkyl carbamates (subject to hydrolysis) is 1. The van der Waals surface area contributed by atoms with Gasteiger partial charge in [0, 0.05) is 17.1 Å². The van der Waals surface area contributed by atoms with Gasteiger partial charge in [-0.1, -0.05) is 48.0 Å². The van der Waals surface area contributed by atoms with Crippen molar-refractivity contribution in [3.8, 4) is 5.75 Å². The minimum atomic E-state index is -0.517. The lowest BCUT2D eigenvalue weighted by Gasteiger charge is -2.12.